The number of rotatable bonds is 7. The smallest absolute Gasteiger partial charge is 0.245 e. The second kappa shape index (κ2) is 8.97. The highest BCUT2D eigenvalue weighted by atomic mass is 32.1. The van der Waals surface area contributed by atoms with E-state index < -0.39 is 6.04 Å². The topological polar surface area (TPSA) is 79.8 Å². The third-order valence-corrected chi connectivity index (χ3v) is 2.67. The van der Waals surface area contributed by atoms with Gasteiger partial charge in [-0.1, -0.05) is 12.1 Å². The molecule has 0 aliphatic heterocycles. The third-order valence-electron chi connectivity index (χ3n) is 2.58. The van der Waals surface area contributed by atoms with E-state index in [0.29, 0.717) is 12.2 Å². The van der Waals surface area contributed by atoms with Gasteiger partial charge < -0.3 is 15.4 Å². The van der Waals surface area contributed by atoms with Crippen molar-refractivity contribution in [3.05, 3.63) is 29.8 Å². The van der Waals surface area contributed by atoms with Crippen LogP contribution in [0, 0.1) is 0 Å². The molecule has 0 saturated heterocycles. The summed E-state index contributed by atoms with van der Waals surface area (Å²) in [6, 6.07) is 6.54. The zero-order valence-electron chi connectivity index (χ0n) is 11.9. The molecule has 1 atom stereocenters. The first-order valence-electron chi connectivity index (χ1n) is 6.27. The Morgan fingerprint density at radius 2 is 2.24 bits per heavy atom. The minimum atomic E-state index is -0.713. The highest BCUT2D eigenvalue weighted by molar-refractivity contribution is 7.78. The van der Waals surface area contributed by atoms with Crippen molar-refractivity contribution < 1.29 is 14.3 Å². The fourth-order valence-electron chi connectivity index (χ4n) is 1.70. The summed E-state index contributed by atoms with van der Waals surface area (Å²) >= 11 is 4.55. The van der Waals surface area contributed by atoms with Gasteiger partial charge in [-0.2, -0.15) is 4.99 Å². The average molecular weight is 307 g/mol. The molecule has 1 aromatic rings. The van der Waals surface area contributed by atoms with Gasteiger partial charge in [0.15, 0.2) is 0 Å². The van der Waals surface area contributed by atoms with Crippen molar-refractivity contribution >= 4 is 34.9 Å². The van der Waals surface area contributed by atoms with Gasteiger partial charge in [0.25, 0.3) is 0 Å². The SMILES string of the molecule is COC[C@@H](NC(C)=O)C(=O)NCc1cccc(N=C=S)c1. The minimum Gasteiger partial charge on any atom is -0.382 e. The molecule has 112 valence electrons. The van der Waals surface area contributed by atoms with Gasteiger partial charge in [0.2, 0.25) is 11.8 Å². The van der Waals surface area contributed by atoms with Crippen LogP contribution in [0.5, 0.6) is 0 Å². The van der Waals surface area contributed by atoms with E-state index in [0.717, 1.165) is 5.56 Å². The van der Waals surface area contributed by atoms with Gasteiger partial charge in [-0.05, 0) is 29.9 Å². The second-order valence-electron chi connectivity index (χ2n) is 4.30. The number of carbonyl (C=O) groups excluding carboxylic acids is 2. The number of hydrogen-bond donors (Lipinski definition) is 2. The zero-order valence-corrected chi connectivity index (χ0v) is 12.7. The first kappa shape index (κ1) is 17.0. The van der Waals surface area contributed by atoms with Crippen LogP contribution in [0.1, 0.15) is 12.5 Å². The Morgan fingerprint density at radius 1 is 1.48 bits per heavy atom. The number of ether oxygens (including phenoxy) is 1. The van der Waals surface area contributed by atoms with Crippen LogP contribution in [0.4, 0.5) is 5.69 Å². The summed E-state index contributed by atoms with van der Waals surface area (Å²) in [6.45, 7) is 1.78. The quantitative estimate of drug-likeness (QED) is 0.586. The lowest BCUT2D eigenvalue weighted by Crippen LogP contribution is -2.48. The van der Waals surface area contributed by atoms with E-state index in [-0.39, 0.29) is 18.4 Å². The predicted molar refractivity (Wildman–Crippen MR) is 82.5 cm³/mol. The number of carbonyl (C=O) groups is 2. The molecule has 0 spiro atoms. The van der Waals surface area contributed by atoms with E-state index in [2.05, 4.69) is 33.0 Å². The summed E-state index contributed by atoms with van der Waals surface area (Å²) in [5.74, 6) is -0.597. The minimum absolute atomic E-state index is 0.112. The van der Waals surface area contributed by atoms with Crippen molar-refractivity contribution in [1.82, 2.24) is 10.6 Å². The first-order valence-corrected chi connectivity index (χ1v) is 6.68. The maximum absolute atomic E-state index is 12.0. The number of isothiocyanates is 1. The molecule has 2 amide bonds. The number of nitrogens with one attached hydrogen (secondary N) is 2. The van der Waals surface area contributed by atoms with Crippen LogP contribution in [-0.4, -0.2) is 36.7 Å². The molecule has 0 aliphatic carbocycles. The second-order valence-corrected chi connectivity index (χ2v) is 4.48. The Bertz CT molecular complexity index is 556. The van der Waals surface area contributed by atoms with Gasteiger partial charge in [-0.25, -0.2) is 0 Å². The maximum Gasteiger partial charge on any atom is 0.245 e. The molecular formula is C14H17N3O3S. The lowest BCUT2D eigenvalue weighted by molar-refractivity contribution is -0.129. The van der Waals surface area contributed by atoms with Crippen LogP contribution in [0.2, 0.25) is 0 Å². The van der Waals surface area contributed by atoms with Crippen molar-refractivity contribution in [2.75, 3.05) is 13.7 Å². The number of hydrogen-bond acceptors (Lipinski definition) is 5. The monoisotopic (exact) mass is 307 g/mol. The molecule has 0 saturated carbocycles. The van der Waals surface area contributed by atoms with Crippen molar-refractivity contribution in [2.45, 2.75) is 19.5 Å². The number of methoxy groups -OCH3 is 1. The van der Waals surface area contributed by atoms with E-state index in [1.165, 1.54) is 14.0 Å². The number of amides is 2. The summed E-state index contributed by atoms with van der Waals surface area (Å²) in [5.41, 5.74) is 1.54. The largest absolute Gasteiger partial charge is 0.382 e. The summed E-state index contributed by atoms with van der Waals surface area (Å²) in [4.78, 5) is 26.9. The zero-order chi connectivity index (χ0) is 15.7. The molecule has 0 unspecified atom stereocenters. The van der Waals surface area contributed by atoms with Crippen LogP contribution in [-0.2, 0) is 20.9 Å². The number of thiocarbonyl (C=S) groups is 1. The van der Waals surface area contributed by atoms with E-state index in [9.17, 15) is 9.59 Å². The van der Waals surface area contributed by atoms with Crippen molar-refractivity contribution in [2.24, 2.45) is 4.99 Å². The molecule has 0 radical (unpaired) electrons. The Balaban J connectivity index is 2.63. The van der Waals surface area contributed by atoms with Gasteiger partial charge >= 0.3 is 0 Å². The van der Waals surface area contributed by atoms with Gasteiger partial charge in [0, 0.05) is 20.6 Å². The Labute approximate surface area is 128 Å². The van der Waals surface area contributed by atoms with Gasteiger partial charge in [-0.15, -0.1) is 0 Å². The molecule has 0 aliphatic rings. The van der Waals surface area contributed by atoms with Crippen LogP contribution in [0.25, 0.3) is 0 Å². The molecule has 0 heterocycles. The third kappa shape index (κ3) is 6.27. The number of benzene rings is 1. The summed E-state index contributed by atoms with van der Waals surface area (Å²) in [6.07, 6.45) is 0. The summed E-state index contributed by atoms with van der Waals surface area (Å²) in [7, 11) is 1.47. The fourth-order valence-corrected chi connectivity index (χ4v) is 1.80. The molecule has 0 bridgehead atoms. The molecule has 6 nitrogen and oxygen atoms in total. The first-order chi connectivity index (χ1) is 10.1. The number of aliphatic imine (C=N–C) groups is 1. The highest BCUT2D eigenvalue weighted by Gasteiger charge is 2.18. The van der Waals surface area contributed by atoms with Gasteiger partial charge in [0.05, 0.1) is 17.5 Å². The standard InChI is InChI=1S/C14H17N3O3S/c1-10(18)17-13(8-20-2)14(19)15-7-11-4-3-5-12(6-11)16-9-21/h3-6,13H,7-8H2,1-2H3,(H,15,19)(H,17,18)/t13-/m1/s1. The Morgan fingerprint density at radius 3 is 2.86 bits per heavy atom. The van der Waals surface area contributed by atoms with E-state index in [1.54, 1.807) is 12.1 Å². The summed E-state index contributed by atoms with van der Waals surface area (Å²) < 4.78 is 4.92. The molecular weight excluding hydrogens is 290 g/mol. The van der Waals surface area contributed by atoms with Crippen molar-refractivity contribution in [3.63, 3.8) is 0 Å². The molecule has 0 aromatic heterocycles. The van der Waals surface area contributed by atoms with Gasteiger partial charge in [-0.3, -0.25) is 9.59 Å². The molecule has 0 fully saturated rings. The molecule has 1 rings (SSSR count). The number of nitrogens with zero attached hydrogens (tertiary/aromatic N) is 1. The van der Waals surface area contributed by atoms with Gasteiger partial charge in [0.1, 0.15) is 6.04 Å². The predicted octanol–water partition coefficient (Wildman–Crippen LogP) is 1.19. The van der Waals surface area contributed by atoms with Crippen molar-refractivity contribution in [1.29, 1.82) is 0 Å². The highest BCUT2D eigenvalue weighted by Crippen LogP contribution is 2.13. The molecule has 2 N–H and O–H groups in total. The van der Waals surface area contributed by atoms with E-state index in [1.807, 2.05) is 12.1 Å². The molecule has 7 heteroatoms. The summed E-state index contributed by atoms with van der Waals surface area (Å²) in [5, 5.41) is 7.56. The lowest BCUT2D eigenvalue weighted by atomic mass is 10.2. The molecule has 1 aromatic carbocycles. The van der Waals surface area contributed by atoms with Crippen LogP contribution < -0.4 is 10.6 Å². The van der Waals surface area contributed by atoms with Crippen LogP contribution in [0.3, 0.4) is 0 Å². The van der Waals surface area contributed by atoms with E-state index in [4.69, 9.17) is 4.74 Å². The van der Waals surface area contributed by atoms with E-state index >= 15 is 0 Å². The normalized spacial score (nSPS) is 11.1. The van der Waals surface area contributed by atoms with Crippen LogP contribution >= 0.6 is 12.2 Å². The van der Waals surface area contributed by atoms with Crippen LogP contribution in [0.15, 0.2) is 29.3 Å². The molecule has 21 heavy (non-hydrogen) atoms. The fraction of sp³-hybridized carbons (Fsp3) is 0.357. The Hall–Kier alpha value is -2.08. The van der Waals surface area contributed by atoms with Crippen molar-refractivity contribution in [3.8, 4) is 0 Å². The average Bonchev–Trinajstić information content (AvgIpc) is 2.44. The Kier molecular flexibility index (Phi) is 7.25. The maximum atomic E-state index is 12.0. The lowest BCUT2D eigenvalue weighted by Gasteiger charge is -2.16.